The van der Waals surface area contributed by atoms with Crippen LogP contribution >= 0.6 is 0 Å². The molecule has 2 atom stereocenters. The van der Waals surface area contributed by atoms with Gasteiger partial charge in [0.1, 0.15) is 0 Å². The molecule has 1 fully saturated rings. The highest BCUT2D eigenvalue weighted by Gasteiger charge is 2.24. The minimum atomic E-state index is -0.741. The average Bonchev–Trinajstić information content (AvgIpc) is 2.37. The summed E-state index contributed by atoms with van der Waals surface area (Å²) in [6, 6.07) is 0.443. The molecule has 1 saturated carbocycles. The highest BCUT2D eigenvalue weighted by atomic mass is 32.2. The second-order valence-corrected chi connectivity index (χ2v) is 6.49. The quantitative estimate of drug-likeness (QED) is 0.726. The van der Waals surface area contributed by atoms with Crippen LogP contribution in [-0.4, -0.2) is 42.0 Å². The number of hydrogen-bond donors (Lipinski definition) is 1. The lowest BCUT2D eigenvalue weighted by Crippen LogP contribution is -2.41. The van der Waals surface area contributed by atoms with E-state index in [9.17, 15) is 4.21 Å². The van der Waals surface area contributed by atoms with Crippen LogP contribution in [0.25, 0.3) is 0 Å². The topological polar surface area (TPSA) is 38.3 Å². The molecule has 0 spiro atoms. The third kappa shape index (κ3) is 5.98. The van der Waals surface area contributed by atoms with Crippen molar-refractivity contribution in [3.8, 4) is 0 Å². The molecule has 0 saturated heterocycles. The van der Waals surface area contributed by atoms with Gasteiger partial charge in [0.05, 0.1) is 6.61 Å². The van der Waals surface area contributed by atoms with Gasteiger partial charge in [0.25, 0.3) is 0 Å². The zero-order valence-electron chi connectivity index (χ0n) is 11.2. The Balaban J connectivity index is 2.38. The van der Waals surface area contributed by atoms with Gasteiger partial charge in [-0.25, -0.2) is 0 Å². The Kier molecular flexibility index (Phi) is 8.06. The van der Waals surface area contributed by atoms with E-state index in [2.05, 4.69) is 12.2 Å². The van der Waals surface area contributed by atoms with E-state index < -0.39 is 10.8 Å². The summed E-state index contributed by atoms with van der Waals surface area (Å²) in [7, 11) is 0.926. The van der Waals surface area contributed by atoms with Gasteiger partial charge in [-0.15, -0.1) is 0 Å². The number of ether oxygens (including phenoxy) is 1. The minimum absolute atomic E-state index is 0.443. The van der Waals surface area contributed by atoms with Gasteiger partial charge in [0, 0.05) is 35.5 Å². The summed E-state index contributed by atoms with van der Waals surface area (Å²) < 4.78 is 16.9. The van der Waals surface area contributed by atoms with Crippen molar-refractivity contribution in [3.05, 3.63) is 0 Å². The van der Waals surface area contributed by atoms with Crippen LogP contribution in [0, 0.1) is 5.92 Å². The molecular formula is C13H27NO2S. The number of rotatable bonds is 8. The molecule has 1 aliphatic carbocycles. The Morgan fingerprint density at radius 1 is 1.35 bits per heavy atom. The molecule has 0 aromatic rings. The maximum absolute atomic E-state index is 11.9. The lowest BCUT2D eigenvalue weighted by atomic mass is 9.84. The highest BCUT2D eigenvalue weighted by Crippen LogP contribution is 2.26. The van der Waals surface area contributed by atoms with Gasteiger partial charge in [-0.05, 0) is 25.3 Å². The number of methoxy groups -OCH3 is 1. The van der Waals surface area contributed by atoms with E-state index in [1.165, 1.54) is 32.1 Å². The fourth-order valence-corrected chi connectivity index (χ4v) is 3.93. The van der Waals surface area contributed by atoms with E-state index in [0.29, 0.717) is 18.4 Å². The Hall–Kier alpha value is 0.0700. The monoisotopic (exact) mass is 261 g/mol. The SMILES string of the molecule is CCNC(CS(=O)CCOC)C1CCCCC1. The standard InChI is InChI=1S/C13H27NO2S/c1-3-14-13(11-17(15)10-9-16-2)12-7-5-4-6-8-12/h12-14H,3-11H2,1-2H3. The number of hydrogen-bond acceptors (Lipinski definition) is 3. The van der Waals surface area contributed by atoms with Crippen LogP contribution in [0.4, 0.5) is 0 Å². The molecule has 4 heteroatoms. The van der Waals surface area contributed by atoms with Gasteiger partial charge in [-0.2, -0.15) is 0 Å². The highest BCUT2D eigenvalue weighted by molar-refractivity contribution is 7.85. The minimum Gasteiger partial charge on any atom is -0.384 e. The van der Waals surface area contributed by atoms with Crippen LogP contribution in [0.3, 0.4) is 0 Å². The molecule has 0 heterocycles. The number of nitrogens with one attached hydrogen (secondary N) is 1. The molecule has 0 amide bonds. The normalized spacial score (nSPS) is 21.3. The van der Waals surface area contributed by atoms with Crippen molar-refractivity contribution in [2.45, 2.75) is 45.1 Å². The molecule has 0 aromatic carbocycles. The van der Waals surface area contributed by atoms with Crippen LogP contribution in [0.5, 0.6) is 0 Å². The predicted octanol–water partition coefficient (Wildman–Crippen LogP) is 1.94. The van der Waals surface area contributed by atoms with E-state index in [4.69, 9.17) is 4.74 Å². The fraction of sp³-hybridized carbons (Fsp3) is 1.00. The van der Waals surface area contributed by atoms with Crippen molar-refractivity contribution in [1.82, 2.24) is 5.32 Å². The second kappa shape index (κ2) is 9.06. The second-order valence-electron chi connectivity index (χ2n) is 4.87. The Labute approximate surface area is 108 Å². The Morgan fingerprint density at radius 3 is 2.65 bits per heavy atom. The van der Waals surface area contributed by atoms with Gasteiger partial charge < -0.3 is 10.1 Å². The summed E-state index contributed by atoms with van der Waals surface area (Å²) in [5, 5.41) is 3.53. The first-order valence-corrected chi connectivity index (χ1v) is 8.34. The van der Waals surface area contributed by atoms with E-state index in [0.717, 1.165) is 18.2 Å². The largest absolute Gasteiger partial charge is 0.384 e. The third-order valence-corrected chi connectivity index (χ3v) is 4.92. The van der Waals surface area contributed by atoms with Crippen molar-refractivity contribution in [2.24, 2.45) is 5.92 Å². The first-order chi connectivity index (χ1) is 8.27. The van der Waals surface area contributed by atoms with Crippen molar-refractivity contribution < 1.29 is 8.95 Å². The maximum atomic E-state index is 11.9. The van der Waals surface area contributed by atoms with Crippen LogP contribution < -0.4 is 5.32 Å². The van der Waals surface area contributed by atoms with Crippen LogP contribution in [0.15, 0.2) is 0 Å². The van der Waals surface area contributed by atoms with Crippen molar-refractivity contribution >= 4 is 10.8 Å². The summed E-state index contributed by atoms with van der Waals surface area (Å²) >= 11 is 0. The molecule has 1 N–H and O–H groups in total. The summed E-state index contributed by atoms with van der Waals surface area (Å²) in [4.78, 5) is 0. The van der Waals surface area contributed by atoms with Crippen molar-refractivity contribution in [3.63, 3.8) is 0 Å². The summed E-state index contributed by atoms with van der Waals surface area (Å²) in [6.45, 7) is 3.71. The van der Waals surface area contributed by atoms with Gasteiger partial charge >= 0.3 is 0 Å². The van der Waals surface area contributed by atoms with Gasteiger partial charge in [-0.3, -0.25) is 4.21 Å². The molecule has 102 valence electrons. The lowest BCUT2D eigenvalue weighted by Gasteiger charge is -2.30. The Bertz CT molecular complexity index is 217. The molecule has 3 nitrogen and oxygen atoms in total. The van der Waals surface area contributed by atoms with Gasteiger partial charge in [-0.1, -0.05) is 26.2 Å². The summed E-state index contributed by atoms with van der Waals surface area (Å²) in [5.41, 5.74) is 0. The van der Waals surface area contributed by atoms with Crippen molar-refractivity contribution in [1.29, 1.82) is 0 Å². The average molecular weight is 261 g/mol. The molecule has 0 bridgehead atoms. The molecule has 2 unspecified atom stereocenters. The smallest absolute Gasteiger partial charge is 0.0577 e. The van der Waals surface area contributed by atoms with Crippen LogP contribution in [0.1, 0.15) is 39.0 Å². The van der Waals surface area contributed by atoms with Crippen LogP contribution in [-0.2, 0) is 15.5 Å². The first kappa shape index (κ1) is 15.1. The fourth-order valence-electron chi connectivity index (χ4n) is 2.62. The summed E-state index contributed by atoms with van der Waals surface area (Å²) in [5.74, 6) is 2.20. The maximum Gasteiger partial charge on any atom is 0.0577 e. The predicted molar refractivity (Wildman–Crippen MR) is 73.8 cm³/mol. The van der Waals surface area contributed by atoms with E-state index in [-0.39, 0.29) is 0 Å². The molecule has 1 rings (SSSR count). The van der Waals surface area contributed by atoms with Gasteiger partial charge in [0.15, 0.2) is 0 Å². The molecule has 1 aliphatic rings. The van der Waals surface area contributed by atoms with E-state index in [1.807, 2.05) is 0 Å². The zero-order valence-corrected chi connectivity index (χ0v) is 12.1. The summed E-state index contributed by atoms with van der Waals surface area (Å²) in [6.07, 6.45) is 6.68. The van der Waals surface area contributed by atoms with Crippen molar-refractivity contribution in [2.75, 3.05) is 31.8 Å². The van der Waals surface area contributed by atoms with Crippen LogP contribution in [0.2, 0.25) is 0 Å². The zero-order chi connectivity index (χ0) is 12.5. The molecule has 17 heavy (non-hydrogen) atoms. The first-order valence-electron chi connectivity index (χ1n) is 6.85. The lowest BCUT2D eigenvalue weighted by molar-refractivity contribution is 0.217. The third-order valence-electron chi connectivity index (χ3n) is 3.57. The molecule has 0 radical (unpaired) electrons. The molecule has 0 aliphatic heterocycles. The molecule has 0 aromatic heterocycles. The van der Waals surface area contributed by atoms with Gasteiger partial charge in [0.2, 0.25) is 0 Å². The van der Waals surface area contributed by atoms with E-state index in [1.54, 1.807) is 7.11 Å². The van der Waals surface area contributed by atoms with E-state index >= 15 is 0 Å². The Morgan fingerprint density at radius 2 is 2.06 bits per heavy atom. The molecular weight excluding hydrogens is 234 g/mol.